The molecule has 3 heterocycles. The average molecular weight is 519 g/mol. The molecule has 9 heteroatoms. The lowest BCUT2D eigenvalue weighted by molar-refractivity contribution is 0.629. The van der Waals surface area contributed by atoms with Crippen LogP contribution in [0, 0.1) is 5.82 Å². The molecule has 0 fully saturated rings. The maximum atomic E-state index is 13.3. The van der Waals surface area contributed by atoms with Gasteiger partial charge in [0.2, 0.25) is 0 Å². The number of halogens is 2. The van der Waals surface area contributed by atoms with Crippen LogP contribution in [0.4, 0.5) is 4.39 Å². The highest BCUT2D eigenvalue weighted by molar-refractivity contribution is 14.0. The predicted octanol–water partition coefficient (Wildman–Crippen LogP) is 3.41. The van der Waals surface area contributed by atoms with E-state index in [1.807, 2.05) is 36.7 Å². The topological polar surface area (TPSA) is 82.9 Å². The number of nitrogens with one attached hydrogen (secondary N) is 3. The van der Waals surface area contributed by atoms with Gasteiger partial charge < -0.3 is 15.6 Å². The van der Waals surface area contributed by atoms with Crippen molar-refractivity contribution in [1.29, 1.82) is 0 Å². The number of aromatic nitrogens is 4. The minimum atomic E-state index is -0.236. The third-order valence-corrected chi connectivity index (χ3v) is 4.65. The number of pyridine rings is 1. The molecule has 3 N–H and O–H groups in total. The second kappa shape index (κ2) is 10.2. The number of guanidine groups is 1. The molecular formula is C21H23FIN7. The number of hydrogen-bond acceptors (Lipinski definition) is 3. The second-order valence-electron chi connectivity index (χ2n) is 6.58. The Kier molecular flexibility index (Phi) is 7.39. The van der Waals surface area contributed by atoms with Gasteiger partial charge >= 0.3 is 0 Å². The van der Waals surface area contributed by atoms with Crippen molar-refractivity contribution in [3.63, 3.8) is 0 Å². The fourth-order valence-electron chi connectivity index (χ4n) is 3.19. The third-order valence-electron chi connectivity index (χ3n) is 4.65. The van der Waals surface area contributed by atoms with Gasteiger partial charge in [-0.25, -0.2) is 14.1 Å². The molecule has 0 saturated carbocycles. The highest BCUT2D eigenvalue weighted by Gasteiger charge is 2.06. The Labute approximate surface area is 190 Å². The minimum absolute atomic E-state index is 0. The number of benzene rings is 1. The van der Waals surface area contributed by atoms with E-state index >= 15 is 0 Å². The van der Waals surface area contributed by atoms with E-state index in [0.29, 0.717) is 19.0 Å². The van der Waals surface area contributed by atoms with Crippen molar-refractivity contribution in [2.45, 2.75) is 13.0 Å². The average Bonchev–Trinajstić information content (AvgIpc) is 3.41. The molecule has 0 atom stereocenters. The molecule has 4 rings (SSSR count). The fraction of sp³-hybridized carbons (Fsp3) is 0.190. The van der Waals surface area contributed by atoms with E-state index in [-0.39, 0.29) is 29.8 Å². The summed E-state index contributed by atoms with van der Waals surface area (Å²) in [7, 11) is 1.74. The van der Waals surface area contributed by atoms with Gasteiger partial charge in [-0.05, 0) is 53.9 Å². The molecule has 156 valence electrons. The Hall–Kier alpha value is -2.95. The summed E-state index contributed by atoms with van der Waals surface area (Å²) in [5.41, 5.74) is 3.03. The summed E-state index contributed by atoms with van der Waals surface area (Å²) in [4.78, 5) is 11.7. The van der Waals surface area contributed by atoms with Crippen molar-refractivity contribution >= 4 is 40.8 Å². The highest BCUT2D eigenvalue weighted by Crippen LogP contribution is 2.19. The summed E-state index contributed by atoms with van der Waals surface area (Å²) in [5.74, 6) is 1.25. The zero-order valence-electron chi connectivity index (χ0n) is 16.5. The molecule has 0 aliphatic carbocycles. The van der Waals surface area contributed by atoms with Crippen LogP contribution in [-0.4, -0.2) is 39.3 Å². The molecule has 30 heavy (non-hydrogen) atoms. The summed E-state index contributed by atoms with van der Waals surface area (Å²) in [6.07, 6.45) is 8.08. The van der Waals surface area contributed by atoms with Crippen LogP contribution < -0.4 is 10.6 Å². The van der Waals surface area contributed by atoms with E-state index in [9.17, 15) is 4.39 Å². The lowest BCUT2D eigenvalue weighted by Crippen LogP contribution is -2.37. The van der Waals surface area contributed by atoms with Gasteiger partial charge in [-0.3, -0.25) is 4.99 Å². The van der Waals surface area contributed by atoms with Crippen molar-refractivity contribution < 1.29 is 4.39 Å². The molecule has 7 nitrogen and oxygen atoms in total. The summed E-state index contributed by atoms with van der Waals surface area (Å²) in [5, 5.41) is 11.9. The van der Waals surface area contributed by atoms with Gasteiger partial charge in [0, 0.05) is 55.8 Å². The lowest BCUT2D eigenvalue weighted by atomic mass is 10.1. The molecule has 0 radical (unpaired) electrons. The fourth-order valence-corrected chi connectivity index (χ4v) is 3.19. The Morgan fingerprint density at radius 3 is 2.90 bits per heavy atom. The van der Waals surface area contributed by atoms with Gasteiger partial charge in [-0.1, -0.05) is 0 Å². The molecular weight excluding hydrogens is 496 g/mol. The van der Waals surface area contributed by atoms with Gasteiger partial charge in [0.25, 0.3) is 0 Å². The summed E-state index contributed by atoms with van der Waals surface area (Å²) >= 11 is 0. The van der Waals surface area contributed by atoms with Crippen molar-refractivity contribution in [2.75, 3.05) is 13.6 Å². The van der Waals surface area contributed by atoms with E-state index in [2.05, 4.69) is 30.7 Å². The molecule has 0 unspecified atom stereocenters. The Morgan fingerprint density at radius 1 is 1.20 bits per heavy atom. The van der Waals surface area contributed by atoms with E-state index in [1.165, 1.54) is 12.1 Å². The molecule has 3 aromatic heterocycles. The van der Waals surface area contributed by atoms with Crippen LogP contribution in [0.1, 0.15) is 11.1 Å². The van der Waals surface area contributed by atoms with Gasteiger partial charge in [-0.15, -0.1) is 24.0 Å². The van der Waals surface area contributed by atoms with E-state index in [4.69, 9.17) is 0 Å². The van der Waals surface area contributed by atoms with Crippen LogP contribution in [-0.2, 0) is 13.0 Å². The first-order chi connectivity index (χ1) is 14.2. The Bertz CT molecular complexity index is 1120. The molecule has 0 aliphatic rings. The smallest absolute Gasteiger partial charge is 0.191 e. The van der Waals surface area contributed by atoms with Crippen molar-refractivity contribution in [3.05, 3.63) is 78.1 Å². The molecule has 0 amide bonds. The first-order valence-corrected chi connectivity index (χ1v) is 9.38. The number of H-pyrrole nitrogens is 1. The van der Waals surface area contributed by atoms with Gasteiger partial charge in [0.05, 0.1) is 0 Å². The van der Waals surface area contributed by atoms with Gasteiger partial charge in [-0.2, -0.15) is 5.10 Å². The van der Waals surface area contributed by atoms with E-state index < -0.39 is 0 Å². The van der Waals surface area contributed by atoms with Crippen LogP contribution in [0.25, 0.3) is 16.7 Å². The maximum absolute atomic E-state index is 13.3. The number of hydrogen-bond donors (Lipinski definition) is 3. The third kappa shape index (κ3) is 5.15. The summed E-state index contributed by atoms with van der Waals surface area (Å²) < 4.78 is 15.0. The molecule has 4 aromatic rings. The number of aromatic amines is 1. The lowest BCUT2D eigenvalue weighted by Gasteiger charge is -2.12. The first-order valence-electron chi connectivity index (χ1n) is 9.38. The van der Waals surface area contributed by atoms with Crippen LogP contribution in [0.15, 0.2) is 66.2 Å². The Morgan fingerprint density at radius 2 is 2.10 bits per heavy atom. The zero-order valence-corrected chi connectivity index (χ0v) is 18.8. The standard InChI is InChI=1S/C21H22FN7.HI/c1-23-21(25-9-6-16-14-26-19-12-17(22)3-4-18(16)19)27-13-15-5-8-24-20(11-15)29-10-2-7-28-29;/h2-5,7-8,10-12,14,26H,6,9,13H2,1H3,(H2,23,25,27);1H. The summed E-state index contributed by atoms with van der Waals surface area (Å²) in [6, 6.07) is 10.6. The number of aliphatic imine (C=N–C) groups is 1. The van der Waals surface area contributed by atoms with Gasteiger partial charge in [0.1, 0.15) is 5.82 Å². The molecule has 0 spiro atoms. The van der Waals surface area contributed by atoms with Crippen LogP contribution in [0.5, 0.6) is 0 Å². The van der Waals surface area contributed by atoms with Crippen LogP contribution in [0.3, 0.4) is 0 Å². The Balaban J connectivity index is 0.00000256. The van der Waals surface area contributed by atoms with Crippen LogP contribution in [0.2, 0.25) is 0 Å². The van der Waals surface area contributed by atoms with E-state index in [1.54, 1.807) is 24.1 Å². The van der Waals surface area contributed by atoms with Gasteiger partial charge in [0.15, 0.2) is 11.8 Å². The summed E-state index contributed by atoms with van der Waals surface area (Å²) in [6.45, 7) is 1.32. The molecule has 0 bridgehead atoms. The largest absolute Gasteiger partial charge is 0.361 e. The quantitative estimate of drug-likeness (QED) is 0.207. The SMILES string of the molecule is CN=C(NCCc1c[nH]c2cc(F)ccc12)NCc1ccnc(-n2cccn2)c1.I. The van der Waals surface area contributed by atoms with Crippen LogP contribution >= 0.6 is 24.0 Å². The monoisotopic (exact) mass is 519 g/mol. The number of nitrogens with zero attached hydrogens (tertiary/aromatic N) is 4. The number of fused-ring (bicyclic) bond motifs is 1. The van der Waals surface area contributed by atoms with E-state index in [0.717, 1.165) is 34.3 Å². The van der Waals surface area contributed by atoms with Crippen molar-refractivity contribution in [1.82, 2.24) is 30.4 Å². The normalized spacial score (nSPS) is 11.3. The zero-order chi connectivity index (χ0) is 20.1. The maximum Gasteiger partial charge on any atom is 0.191 e. The second-order valence-corrected chi connectivity index (χ2v) is 6.58. The molecule has 1 aromatic carbocycles. The predicted molar refractivity (Wildman–Crippen MR) is 127 cm³/mol. The van der Waals surface area contributed by atoms with Crippen molar-refractivity contribution in [3.8, 4) is 5.82 Å². The minimum Gasteiger partial charge on any atom is -0.361 e. The first kappa shape index (κ1) is 21.8. The van der Waals surface area contributed by atoms with Crippen molar-refractivity contribution in [2.24, 2.45) is 4.99 Å². The molecule has 0 saturated heterocycles. The molecule has 0 aliphatic heterocycles. The number of rotatable bonds is 6. The highest BCUT2D eigenvalue weighted by atomic mass is 127.